The van der Waals surface area contributed by atoms with Gasteiger partial charge in [-0.3, -0.25) is 4.72 Å². The molecule has 0 saturated heterocycles. The van der Waals surface area contributed by atoms with Crippen molar-refractivity contribution in [3.05, 3.63) is 52.8 Å². The van der Waals surface area contributed by atoms with E-state index in [1.54, 1.807) is 25.1 Å². The molecule has 9 heteroatoms. The van der Waals surface area contributed by atoms with Gasteiger partial charge in [-0.05, 0) is 30.3 Å². The molecule has 0 spiro atoms. The summed E-state index contributed by atoms with van der Waals surface area (Å²) in [6.45, 7) is 0. The van der Waals surface area contributed by atoms with E-state index in [1.165, 1.54) is 12.1 Å². The molecule has 0 aliphatic carbocycles. The molecule has 0 atom stereocenters. The second-order valence-corrected chi connectivity index (χ2v) is 7.14. The zero-order valence-electron chi connectivity index (χ0n) is 12.7. The molecular formula is C15H14ClFN2O4S. The smallest absolute Gasteiger partial charge is 0.335 e. The van der Waals surface area contributed by atoms with Crippen molar-refractivity contribution in [1.82, 2.24) is 0 Å². The first-order valence-corrected chi connectivity index (χ1v) is 8.51. The van der Waals surface area contributed by atoms with E-state index >= 15 is 0 Å². The SMILES string of the molecule is CN(C)c1c(Cl)cccc1NS(=O)(=O)c1cc(C(=O)O)ccc1F. The number of carbonyl (C=O) groups is 1. The van der Waals surface area contributed by atoms with E-state index < -0.39 is 26.7 Å². The molecular weight excluding hydrogens is 359 g/mol. The fraction of sp³-hybridized carbons (Fsp3) is 0.133. The molecule has 6 nitrogen and oxygen atoms in total. The van der Waals surface area contributed by atoms with Crippen LogP contribution in [-0.2, 0) is 10.0 Å². The van der Waals surface area contributed by atoms with Crippen molar-refractivity contribution in [2.24, 2.45) is 0 Å². The van der Waals surface area contributed by atoms with E-state index in [1.807, 2.05) is 0 Å². The number of hydrogen-bond donors (Lipinski definition) is 2. The van der Waals surface area contributed by atoms with Crippen molar-refractivity contribution in [1.29, 1.82) is 0 Å². The first-order valence-electron chi connectivity index (χ1n) is 6.65. The van der Waals surface area contributed by atoms with E-state index in [9.17, 15) is 17.6 Å². The molecule has 2 N–H and O–H groups in total. The lowest BCUT2D eigenvalue weighted by Gasteiger charge is -2.20. The van der Waals surface area contributed by atoms with Crippen LogP contribution in [-0.4, -0.2) is 33.6 Å². The summed E-state index contributed by atoms with van der Waals surface area (Å²) in [5.74, 6) is -2.41. The van der Waals surface area contributed by atoms with Crippen molar-refractivity contribution in [2.45, 2.75) is 4.90 Å². The first kappa shape index (κ1) is 18.0. The minimum atomic E-state index is -4.35. The van der Waals surface area contributed by atoms with E-state index in [2.05, 4.69) is 4.72 Å². The molecule has 0 saturated carbocycles. The predicted octanol–water partition coefficient (Wildman–Crippen LogP) is 3.04. The first-order chi connectivity index (χ1) is 11.1. The maximum atomic E-state index is 13.9. The van der Waals surface area contributed by atoms with Gasteiger partial charge in [0.2, 0.25) is 0 Å². The van der Waals surface area contributed by atoms with Crippen LogP contribution in [0.5, 0.6) is 0 Å². The summed E-state index contributed by atoms with van der Waals surface area (Å²) >= 11 is 6.07. The number of anilines is 2. The third-order valence-corrected chi connectivity index (χ3v) is 4.83. The zero-order chi connectivity index (χ0) is 18.1. The number of benzene rings is 2. The zero-order valence-corrected chi connectivity index (χ0v) is 14.3. The van der Waals surface area contributed by atoms with Crippen LogP contribution in [0.15, 0.2) is 41.3 Å². The van der Waals surface area contributed by atoms with Crippen LogP contribution < -0.4 is 9.62 Å². The molecule has 0 radical (unpaired) electrons. The fourth-order valence-corrected chi connectivity index (χ4v) is 3.61. The maximum Gasteiger partial charge on any atom is 0.335 e. The monoisotopic (exact) mass is 372 g/mol. The van der Waals surface area contributed by atoms with E-state index in [0.29, 0.717) is 10.7 Å². The molecule has 0 aliphatic heterocycles. The van der Waals surface area contributed by atoms with Gasteiger partial charge < -0.3 is 10.0 Å². The van der Waals surface area contributed by atoms with Gasteiger partial charge in [-0.1, -0.05) is 17.7 Å². The highest BCUT2D eigenvalue weighted by Crippen LogP contribution is 2.34. The van der Waals surface area contributed by atoms with Crippen molar-refractivity contribution in [3.8, 4) is 0 Å². The van der Waals surface area contributed by atoms with Crippen molar-refractivity contribution in [2.75, 3.05) is 23.7 Å². The molecule has 0 bridgehead atoms. The van der Waals surface area contributed by atoms with Crippen molar-refractivity contribution < 1.29 is 22.7 Å². The van der Waals surface area contributed by atoms with Gasteiger partial charge in [0.05, 0.1) is 22.0 Å². The second-order valence-electron chi connectivity index (χ2n) is 5.09. The van der Waals surface area contributed by atoms with Gasteiger partial charge in [0, 0.05) is 14.1 Å². The average Bonchev–Trinajstić information content (AvgIpc) is 2.46. The highest BCUT2D eigenvalue weighted by molar-refractivity contribution is 7.92. The second kappa shape index (κ2) is 6.66. The third-order valence-electron chi connectivity index (χ3n) is 3.15. The number of sulfonamides is 1. The lowest BCUT2D eigenvalue weighted by atomic mass is 10.2. The molecule has 2 aromatic carbocycles. The van der Waals surface area contributed by atoms with Gasteiger partial charge in [-0.15, -0.1) is 0 Å². The van der Waals surface area contributed by atoms with Crippen LogP contribution in [0.1, 0.15) is 10.4 Å². The Hall–Kier alpha value is -2.32. The molecule has 0 aromatic heterocycles. The molecule has 128 valence electrons. The summed E-state index contributed by atoms with van der Waals surface area (Å²) in [6, 6.07) is 7.14. The van der Waals surface area contributed by atoms with Gasteiger partial charge >= 0.3 is 5.97 Å². The van der Waals surface area contributed by atoms with E-state index in [4.69, 9.17) is 16.7 Å². The Morgan fingerprint density at radius 3 is 2.50 bits per heavy atom. The summed E-state index contributed by atoms with van der Waals surface area (Å²) in [5.41, 5.74) is 0.209. The number of para-hydroxylation sites is 1. The van der Waals surface area contributed by atoms with Crippen LogP contribution in [0.25, 0.3) is 0 Å². The Balaban J connectivity index is 2.53. The summed E-state index contributed by atoms with van der Waals surface area (Å²) in [4.78, 5) is 11.8. The molecule has 0 heterocycles. The fourth-order valence-electron chi connectivity index (χ4n) is 2.09. The number of halogens is 2. The average molecular weight is 373 g/mol. The van der Waals surface area contributed by atoms with Crippen LogP contribution in [0.4, 0.5) is 15.8 Å². The Kier molecular flexibility index (Phi) is 5.00. The molecule has 0 amide bonds. The van der Waals surface area contributed by atoms with Crippen molar-refractivity contribution >= 4 is 39.0 Å². The third kappa shape index (κ3) is 3.60. The Bertz CT molecular complexity index is 900. The molecule has 0 unspecified atom stereocenters. The Labute approximate surface area is 143 Å². The van der Waals surface area contributed by atoms with Gasteiger partial charge in [0.15, 0.2) is 0 Å². The van der Waals surface area contributed by atoms with Crippen molar-refractivity contribution in [3.63, 3.8) is 0 Å². The standard InChI is InChI=1S/C15H14ClFN2O4S/c1-19(2)14-10(16)4-3-5-12(14)18-24(22,23)13-8-9(15(20)21)6-7-11(13)17/h3-8,18H,1-2H3,(H,20,21). The number of carboxylic acid groups (broad SMARTS) is 1. The lowest BCUT2D eigenvalue weighted by molar-refractivity contribution is 0.0696. The Morgan fingerprint density at radius 1 is 1.25 bits per heavy atom. The number of carboxylic acids is 1. The minimum Gasteiger partial charge on any atom is -0.478 e. The molecule has 0 aliphatic rings. The molecule has 2 rings (SSSR count). The highest BCUT2D eigenvalue weighted by atomic mass is 35.5. The number of nitrogens with zero attached hydrogens (tertiary/aromatic N) is 1. The van der Waals surface area contributed by atoms with Gasteiger partial charge in [-0.2, -0.15) is 0 Å². The van der Waals surface area contributed by atoms with Gasteiger partial charge in [0.25, 0.3) is 10.0 Å². The Morgan fingerprint density at radius 2 is 1.92 bits per heavy atom. The molecule has 0 fully saturated rings. The van der Waals surface area contributed by atoms with E-state index in [-0.39, 0.29) is 11.3 Å². The topological polar surface area (TPSA) is 86.7 Å². The van der Waals surface area contributed by atoms with E-state index in [0.717, 1.165) is 18.2 Å². The largest absolute Gasteiger partial charge is 0.478 e. The summed E-state index contributed by atoms with van der Waals surface area (Å²) in [6.07, 6.45) is 0. The van der Waals surface area contributed by atoms with Crippen LogP contribution in [0, 0.1) is 5.82 Å². The number of hydrogen-bond acceptors (Lipinski definition) is 4. The maximum absolute atomic E-state index is 13.9. The molecule has 2 aromatic rings. The lowest BCUT2D eigenvalue weighted by Crippen LogP contribution is -2.19. The van der Waals surface area contributed by atoms with Crippen LogP contribution in [0.3, 0.4) is 0 Å². The van der Waals surface area contributed by atoms with Gasteiger partial charge in [0.1, 0.15) is 10.7 Å². The predicted molar refractivity (Wildman–Crippen MR) is 89.9 cm³/mol. The highest BCUT2D eigenvalue weighted by Gasteiger charge is 2.23. The quantitative estimate of drug-likeness (QED) is 0.842. The normalized spacial score (nSPS) is 11.2. The summed E-state index contributed by atoms with van der Waals surface area (Å²) in [5, 5.41) is 9.25. The summed E-state index contributed by atoms with van der Waals surface area (Å²) < 4.78 is 41.1. The van der Waals surface area contributed by atoms with Crippen LogP contribution >= 0.6 is 11.6 Å². The number of nitrogens with one attached hydrogen (secondary N) is 1. The van der Waals surface area contributed by atoms with Crippen LogP contribution in [0.2, 0.25) is 5.02 Å². The van der Waals surface area contributed by atoms with Gasteiger partial charge in [-0.25, -0.2) is 17.6 Å². The summed E-state index contributed by atoms with van der Waals surface area (Å²) in [7, 11) is -1.00. The number of rotatable bonds is 5. The molecule has 24 heavy (non-hydrogen) atoms. The minimum absolute atomic E-state index is 0.146. The number of aromatic carboxylic acids is 1.